The highest BCUT2D eigenvalue weighted by molar-refractivity contribution is 6.49. The van der Waals surface area contributed by atoms with Crippen LogP contribution in [0.3, 0.4) is 0 Å². The Morgan fingerprint density at radius 3 is 2.52 bits per heavy atom. The zero-order valence-corrected chi connectivity index (χ0v) is 16.5. The fourth-order valence-electron chi connectivity index (χ4n) is 2.99. The van der Waals surface area contributed by atoms with Crippen molar-refractivity contribution in [2.45, 2.75) is 31.6 Å². The lowest BCUT2D eigenvalue weighted by Crippen LogP contribution is -2.32. The van der Waals surface area contributed by atoms with Gasteiger partial charge in [-0.3, -0.25) is 19.7 Å². The van der Waals surface area contributed by atoms with Crippen molar-refractivity contribution in [3.63, 3.8) is 0 Å². The summed E-state index contributed by atoms with van der Waals surface area (Å²) >= 11 is 5.95. The van der Waals surface area contributed by atoms with Crippen LogP contribution in [-0.2, 0) is 20.8 Å². The molecule has 3 rings (SSSR count). The lowest BCUT2D eigenvalue weighted by Gasteiger charge is -2.18. The second-order valence-corrected chi connectivity index (χ2v) is 7.35. The molecule has 1 fully saturated rings. The van der Waals surface area contributed by atoms with Gasteiger partial charge in [0.1, 0.15) is 5.75 Å². The number of aliphatic hydroxyl groups is 1. The number of aliphatic hydroxyl groups excluding tert-OH is 1. The summed E-state index contributed by atoms with van der Waals surface area (Å²) in [5.41, 5.74) is 1.76. The fraction of sp³-hybridized carbons (Fsp3) is 0.286. The molecule has 0 aromatic heterocycles. The van der Waals surface area contributed by atoms with Gasteiger partial charge in [0.2, 0.25) is 6.10 Å². The molecule has 8 heteroatoms. The van der Waals surface area contributed by atoms with Crippen LogP contribution in [0.2, 0.25) is 5.02 Å². The van der Waals surface area contributed by atoms with Crippen LogP contribution in [0.5, 0.6) is 5.75 Å². The molecule has 3 N–H and O–H groups in total. The number of halogens is 1. The van der Waals surface area contributed by atoms with Crippen molar-refractivity contribution in [2.24, 2.45) is 0 Å². The number of nitrogens with one attached hydrogen (secondary N) is 2. The van der Waals surface area contributed by atoms with Crippen LogP contribution in [0.4, 0.5) is 0 Å². The minimum absolute atomic E-state index is 0.0930. The zero-order chi connectivity index (χ0) is 21.0. The molecule has 7 nitrogen and oxygen atoms in total. The van der Waals surface area contributed by atoms with Gasteiger partial charge in [-0.1, -0.05) is 35.9 Å². The number of carbonyl (C=O) groups excluding carboxylic acids is 3. The predicted octanol–water partition coefficient (Wildman–Crippen LogP) is 1.57. The van der Waals surface area contributed by atoms with Gasteiger partial charge < -0.3 is 15.2 Å². The van der Waals surface area contributed by atoms with Gasteiger partial charge in [0.05, 0.1) is 6.10 Å². The predicted molar refractivity (Wildman–Crippen MR) is 107 cm³/mol. The summed E-state index contributed by atoms with van der Waals surface area (Å²) in [7, 11) is 0. The van der Waals surface area contributed by atoms with Gasteiger partial charge in [-0.15, -0.1) is 0 Å². The normalized spacial score (nSPS) is 18.4. The SMILES string of the molecule is CC(Cc1ccc(OC2C(=O)NC(=O)C2=O)cc1)NCC(O)c1cccc(Cl)c1. The molecule has 29 heavy (non-hydrogen) atoms. The number of Topliss-reactive ketones (excluding diaryl/α,β-unsaturated/α-hetero) is 1. The first kappa shape index (κ1) is 21.0. The van der Waals surface area contributed by atoms with Crippen molar-refractivity contribution in [2.75, 3.05) is 6.54 Å². The maximum Gasteiger partial charge on any atom is 0.298 e. The highest BCUT2D eigenvalue weighted by atomic mass is 35.5. The first-order valence-corrected chi connectivity index (χ1v) is 9.53. The first-order chi connectivity index (χ1) is 13.8. The lowest BCUT2D eigenvalue weighted by atomic mass is 10.1. The van der Waals surface area contributed by atoms with E-state index in [0.717, 1.165) is 11.1 Å². The van der Waals surface area contributed by atoms with Crippen LogP contribution < -0.4 is 15.4 Å². The van der Waals surface area contributed by atoms with Crippen molar-refractivity contribution in [1.29, 1.82) is 0 Å². The monoisotopic (exact) mass is 416 g/mol. The molecule has 2 aromatic carbocycles. The molecule has 1 heterocycles. The summed E-state index contributed by atoms with van der Waals surface area (Å²) in [5, 5.41) is 16.1. The largest absolute Gasteiger partial charge is 0.472 e. The van der Waals surface area contributed by atoms with Gasteiger partial charge in [0, 0.05) is 17.6 Å². The fourth-order valence-corrected chi connectivity index (χ4v) is 3.19. The minimum atomic E-state index is -1.43. The number of hydrogen-bond acceptors (Lipinski definition) is 6. The Balaban J connectivity index is 1.49. The smallest absolute Gasteiger partial charge is 0.298 e. The van der Waals surface area contributed by atoms with Gasteiger partial charge in [0.15, 0.2) is 0 Å². The van der Waals surface area contributed by atoms with E-state index in [2.05, 4.69) is 5.32 Å². The molecule has 0 bridgehead atoms. The number of ether oxygens (including phenoxy) is 1. The second kappa shape index (κ2) is 9.17. The van der Waals surface area contributed by atoms with E-state index >= 15 is 0 Å². The van der Waals surface area contributed by atoms with E-state index in [1.807, 2.05) is 30.4 Å². The third-order valence-corrected chi connectivity index (χ3v) is 4.78. The number of imide groups is 1. The van der Waals surface area contributed by atoms with Crippen molar-refractivity contribution < 1.29 is 24.2 Å². The molecular weight excluding hydrogens is 396 g/mol. The van der Waals surface area contributed by atoms with Crippen LogP contribution in [0.15, 0.2) is 48.5 Å². The number of amides is 2. The Morgan fingerprint density at radius 1 is 1.17 bits per heavy atom. The molecule has 2 amide bonds. The van der Waals surface area contributed by atoms with E-state index in [-0.39, 0.29) is 6.04 Å². The van der Waals surface area contributed by atoms with Gasteiger partial charge in [-0.05, 0) is 48.7 Å². The van der Waals surface area contributed by atoms with E-state index in [1.165, 1.54) is 0 Å². The molecule has 0 spiro atoms. The summed E-state index contributed by atoms with van der Waals surface area (Å²) in [5.74, 6) is -2.26. The van der Waals surface area contributed by atoms with Crippen LogP contribution in [0, 0.1) is 0 Å². The second-order valence-electron chi connectivity index (χ2n) is 6.91. The lowest BCUT2D eigenvalue weighted by molar-refractivity contribution is -0.138. The molecule has 0 radical (unpaired) electrons. The van der Waals surface area contributed by atoms with Crippen LogP contribution >= 0.6 is 11.6 Å². The number of ketones is 1. The number of hydrogen-bond donors (Lipinski definition) is 3. The van der Waals surface area contributed by atoms with Gasteiger partial charge in [0.25, 0.3) is 17.6 Å². The summed E-state index contributed by atoms with van der Waals surface area (Å²) in [4.78, 5) is 34.3. The van der Waals surface area contributed by atoms with Crippen molar-refractivity contribution in [3.05, 3.63) is 64.7 Å². The van der Waals surface area contributed by atoms with E-state index in [0.29, 0.717) is 23.7 Å². The van der Waals surface area contributed by atoms with E-state index in [4.69, 9.17) is 16.3 Å². The first-order valence-electron chi connectivity index (χ1n) is 9.15. The van der Waals surface area contributed by atoms with Gasteiger partial charge in [-0.2, -0.15) is 0 Å². The molecule has 0 saturated carbocycles. The Morgan fingerprint density at radius 2 is 1.90 bits per heavy atom. The molecule has 3 unspecified atom stereocenters. The third kappa shape index (κ3) is 5.41. The summed E-state index contributed by atoms with van der Waals surface area (Å²) in [6.45, 7) is 2.39. The Bertz CT molecular complexity index is 916. The third-order valence-electron chi connectivity index (χ3n) is 4.55. The molecule has 1 aliphatic rings. The van der Waals surface area contributed by atoms with Crippen molar-refractivity contribution in [1.82, 2.24) is 10.6 Å². The average Bonchev–Trinajstić information content (AvgIpc) is 2.93. The van der Waals surface area contributed by atoms with Gasteiger partial charge in [-0.25, -0.2) is 0 Å². The van der Waals surface area contributed by atoms with E-state index in [9.17, 15) is 19.5 Å². The summed E-state index contributed by atoms with van der Waals surface area (Å²) in [6, 6.07) is 14.1. The van der Waals surface area contributed by atoms with Crippen LogP contribution in [-0.4, -0.2) is 41.4 Å². The molecule has 3 atom stereocenters. The van der Waals surface area contributed by atoms with Crippen molar-refractivity contribution >= 4 is 29.2 Å². The molecular formula is C21H21ClN2O5. The molecule has 1 aliphatic heterocycles. The summed E-state index contributed by atoms with van der Waals surface area (Å²) < 4.78 is 5.33. The Labute approximate surface area is 173 Å². The maximum atomic E-state index is 11.6. The maximum absolute atomic E-state index is 11.6. The average molecular weight is 417 g/mol. The number of benzene rings is 2. The number of rotatable bonds is 8. The van der Waals surface area contributed by atoms with Crippen molar-refractivity contribution in [3.8, 4) is 5.75 Å². The van der Waals surface area contributed by atoms with Gasteiger partial charge >= 0.3 is 0 Å². The number of carbonyl (C=O) groups is 3. The standard InChI is InChI=1S/C21H21ClN2O5/c1-12(23-11-17(25)14-3-2-4-15(22)10-14)9-13-5-7-16(8-6-13)29-19-18(26)20(27)24-21(19)28/h2-8,10,12,17,19,23,25H,9,11H2,1H3,(H,24,27,28). The minimum Gasteiger partial charge on any atom is -0.472 e. The molecule has 152 valence electrons. The topological polar surface area (TPSA) is 105 Å². The van der Waals surface area contributed by atoms with Crippen LogP contribution in [0.25, 0.3) is 0 Å². The zero-order valence-electron chi connectivity index (χ0n) is 15.7. The highest BCUT2D eigenvalue weighted by Crippen LogP contribution is 2.19. The highest BCUT2D eigenvalue weighted by Gasteiger charge is 2.42. The quantitative estimate of drug-likeness (QED) is 0.343. The molecule has 0 aliphatic carbocycles. The molecule has 2 aromatic rings. The Hall–Kier alpha value is -2.74. The Kier molecular flexibility index (Phi) is 6.64. The van der Waals surface area contributed by atoms with Crippen LogP contribution in [0.1, 0.15) is 24.2 Å². The van der Waals surface area contributed by atoms with E-state index < -0.39 is 29.8 Å². The van der Waals surface area contributed by atoms with E-state index in [1.54, 1.807) is 30.3 Å². The molecule has 1 saturated heterocycles. The summed E-state index contributed by atoms with van der Waals surface area (Å²) in [6.07, 6.45) is -1.39.